The van der Waals surface area contributed by atoms with E-state index in [4.69, 9.17) is 18.9 Å². The van der Waals surface area contributed by atoms with E-state index in [-0.39, 0.29) is 47.6 Å². The number of likely N-dealkylation sites (tertiary alicyclic amines) is 1. The lowest BCUT2D eigenvalue weighted by molar-refractivity contribution is -0.120. The second-order valence-electron chi connectivity index (χ2n) is 11.2. The summed E-state index contributed by atoms with van der Waals surface area (Å²) in [6.07, 6.45) is 6.22. The van der Waals surface area contributed by atoms with E-state index in [2.05, 4.69) is 44.1 Å². The SMILES string of the molecule is CO[C@@H]1[C@H](OC(=O)NC2CC3(C2)CN(C)C3)CC[C@]2(CO2)[C@H]1[C@@]1(C)O[C@@H]1CC=C(C)C. The predicted molar refractivity (Wildman–Crippen MR) is 116 cm³/mol. The second-order valence-corrected chi connectivity index (χ2v) is 11.2. The lowest BCUT2D eigenvalue weighted by Crippen LogP contribution is -2.65. The van der Waals surface area contributed by atoms with Gasteiger partial charge in [-0.25, -0.2) is 4.79 Å². The van der Waals surface area contributed by atoms with Gasteiger partial charge in [-0.1, -0.05) is 11.6 Å². The van der Waals surface area contributed by atoms with Crippen LogP contribution in [0.2, 0.25) is 0 Å². The molecule has 31 heavy (non-hydrogen) atoms. The highest BCUT2D eigenvalue weighted by atomic mass is 16.6. The average molecular weight is 435 g/mol. The molecule has 1 amide bonds. The molecule has 0 bridgehead atoms. The number of methoxy groups -OCH3 is 1. The van der Waals surface area contributed by atoms with E-state index in [1.54, 1.807) is 7.11 Å². The van der Waals surface area contributed by atoms with Crippen LogP contribution in [0.25, 0.3) is 0 Å². The number of carbonyl (C=O) groups is 1. The first kappa shape index (κ1) is 21.7. The van der Waals surface area contributed by atoms with Crippen molar-refractivity contribution in [3.63, 3.8) is 0 Å². The third kappa shape index (κ3) is 3.81. The summed E-state index contributed by atoms with van der Waals surface area (Å²) < 4.78 is 24.1. The molecule has 0 aromatic rings. The highest BCUT2D eigenvalue weighted by Crippen LogP contribution is 2.59. The summed E-state index contributed by atoms with van der Waals surface area (Å²) in [5.74, 6) is 0.0598. The summed E-state index contributed by atoms with van der Waals surface area (Å²) in [4.78, 5) is 15.0. The van der Waals surface area contributed by atoms with Crippen molar-refractivity contribution in [2.45, 2.75) is 88.4 Å². The van der Waals surface area contributed by atoms with Gasteiger partial charge in [-0.05, 0) is 65.3 Å². The van der Waals surface area contributed by atoms with Crippen molar-refractivity contribution in [2.75, 3.05) is 33.9 Å². The number of rotatable bonds is 6. The number of hydrogen-bond donors (Lipinski definition) is 1. The fourth-order valence-corrected chi connectivity index (χ4v) is 6.85. The topological polar surface area (TPSA) is 75.9 Å². The van der Waals surface area contributed by atoms with Crippen LogP contribution in [0.15, 0.2) is 11.6 Å². The first-order valence-corrected chi connectivity index (χ1v) is 11.8. The van der Waals surface area contributed by atoms with Crippen molar-refractivity contribution < 1.29 is 23.7 Å². The maximum absolute atomic E-state index is 12.7. The second kappa shape index (κ2) is 7.44. The molecule has 0 aromatic heterocycles. The average Bonchev–Trinajstić information content (AvgIpc) is 3.56. The van der Waals surface area contributed by atoms with E-state index in [1.807, 2.05) is 0 Å². The molecule has 2 spiro atoms. The number of ether oxygens (including phenoxy) is 4. The van der Waals surface area contributed by atoms with Gasteiger partial charge >= 0.3 is 6.09 Å². The summed E-state index contributed by atoms with van der Waals surface area (Å²) >= 11 is 0. The smallest absolute Gasteiger partial charge is 0.407 e. The standard InChI is InChI=1S/C24H38N2O5/c1-15(2)6-7-18-22(3,31-18)20-19(28-5)17(8-9-24(20)14-29-24)30-21(27)25-16-10-23(11-16)12-26(4)13-23/h6,16-20H,7-14H2,1-5H3,(H,25,27)/t17-,18-,19-,20-,22+,24+/m1/s1. The molecular weight excluding hydrogens is 396 g/mol. The Hall–Kier alpha value is -1.15. The Bertz CT molecular complexity index is 747. The predicted octanol–water partition coefficient (Wildman–Crippen LogP) is 2.88. The minimum atomic E-state index is -0.311. The summed E-state index contributed by atoms with van der Waals surface area (Å²) in [5.41, 5.74) is 1.23. The first-order chi connectivity index (χ1) is 14.7. The molecule has 7 heteroatoms. The molecule has 0 aromatic carbocycles. The molecule has 5 rings (SSSR count). The molecule has 6 atom stereocenters. The monoisotopic (exact) mass is 434 g/mol. The Morgan fingerprint density at radius 1 is 1.29 bits per heavy atom. The van der Waals surface area contributed by atoms with E-state index in [0.29, 0.717) is 5.41 Å². The maximum Gasteiger partial charge on any atom is 0.407 e. The lowest BCUT2D eigenvalue weighted by Gasteiger charge is -2.58. The molecule has 1 N–H and O–H groups in total. The molecule has 0 radical (unpaired) electrons. The van der Waals surface area contributed by atoms with Crippen LogP contribution in [0, 0.1) is 11.3 Å². The summed E-state index contributed by atoms with van der Waals surface area (Å²) in [7, 11) is 3.86. The van der Waals surface area contributed by atoms with E-state index < -0.39 is 0 Å². The summed E-state index contributed by atoms with van der Waals surface area (Å²) in [6.45, 7) is 9.42. The van der Waals surface area contributed by atoms with Gasteiger partial charge in [0.15, 0.2) is 0 Å². The molecule has 2 aliphatic carbocycles. The van der Waals surface area contributed by atoms with Crippen molar-refractivity contribution in [1.82, 2.24) is 10.2 Å². The zero-order valence-corrected chi connectivity index (χ0v) is 19.6. The first-order valence-electron chi connectivity index (χ1n) is 11.8. The third-order valence-electron chi connectivity index (χ3n) is 8.39. The third-order valence-corrected chi connectivity index (χ3v) is 8.39. The largest absolute Gasteiger partial charge is 0.443 e. The Morgan fingerprint density at radius 2 is 2.00 bits per heavy atom. The molecular formula is C24H38N2O5. The number of carbonyl (C=O) groups excluding carboxylic acids is 1. The van der Waals surface area contributed by atoms with Gasteiger partial charge in [0, 0.05) is 26.2 Å². The van der Waals surface area contributed by atoms with Crippen molar-refractivity contribution >= 4 is 6.09 Å². The van der Waals surface area contributed by atoms with Gasteiger partial charge in [0.25, 0.3) is 0 Å². The summed E-state index contributed by atoms with van der Waals surface area (Å²) in [6, 6.07) is 0.234. The van der Waals surface area contributed by atoms with Crippen molar-refractivity contribution in [1.29, 1.82) is 0 Å². The van der Waals surface area contributed by atoms with Gasteiger partial charge in [0.2, 0.25) is 0 Å². The number of amides is 1. The number of epoxide rings is 2. The Morgan fingerprint density at radius 3 is 2.58 bits per heavy atom. The molecule has 3 heterocycles. The number of nitrogens with one attached hydrogen (secondary N) is 1. The molecule has 0 unspecified atom stereocenters. The Balaban J connectivity index is 1.20. The van der Waals surface area contributed by atoms with Gasteiger partial charge in [-0.15, -0.1) is 0 Å². The van der Waals surface area contributed by atoms with Crippen LogP contribution in [0.5, 0.6) is 0 Å². The number of nitrogens with zero attached hydrogens (tertiary/aromatic N) is 1. The van der Waals surface area contributed by atoms with Crippen LogP contribution >= 0.6 is 0 Å². The number of allylic oxidation sites excluding steroid dienone is 1. The van der Waals surface area contributed by atoms with E-state index >= 15 is 0 Å². The fourth-order valence-electron chi connectivity index (χ4n) is 6.85. The molecule has 174 valence electrons. The zero-order valence-electron chi connectivity index (χ0n) is 19.6. The molecule has 3 saturated heterocycles. The minimum absolute atomic E-state index is 0.0598. The van der Waals surface area contributed by atoms with Gasteiger partial charge in [0.05, 0.1) is 18.6 Å². The van der Waals surface area contributed by atoms with Crippen LogP contribution in [-0.2, 0) is 18.9 Å². The molecule has 5 aliphatic rings. The van der Waals surface area contributed by atoms with Gasteiger partial charge in [0.1, 0.15) is 23.4 Å². The zero-order chi connectivity index (χ0) is 22.0. The minimum Gasteiger partial charge on any atom is -0.443 e. The highest BCUT2D eigenvalue weighted by molar-refractivity contribution is 5.68. The van der Waals surface area contributed by atoms with Crippen molar-refractivity contribution in [3.05, 3.63) is 11.6 Å². The lowest BCUT2D eigenvalue weighted by atomic mass is 9.61. The van der Waals surface area contributed by atoms with Gasteiger partial charge in [-0.3, -0.25) is 0 Å². The summed E-state index contributed by atoms with van der Waals surface area (Å²) in [5, 5.41) is 3.09. The maximum atomic E-state index is 12.7. The number of hydrogen-bond acceptors (Lipinski definition) is 6. The van der Waals surface area contributed by atoms with Crippen LogP contribution < -0.4 is 5.32 Å². The molecule has 7 nitrogen and oxygen atoms in total. The fraction of sp³-hybridized carbons (Fsp3) is 0.875. The molecule has 5 fully saturated rings. The van der Waals surface area contributed by atoms with Crippen LogP contribution in [-0.4, -0.2) is 80.4 Å². The van der Waals surface area contributed by atoms with E-state index in [0.717, 1.165) is 51.8 Å². The highest BCUT2D eigenvalue weighted by Gasteiger charge is 2.72. The van der Waals surface area contributed by atoms with Crippen LogP contribution in [0.4, 0.5) is 4.79 Å². The van der Waals surface area contributed by atoms with E-state index in [9.17, 15) is 4.79 Å². The van der Waals surface area contributed by atoms with Gasteiger partial charge in [-0.2, -0.15) is 0 Å². The Labute approximate surface area is 185 Å². The molecule has 3 aliphatic heterocycles. The quantitative estimate of drug-likeness (QED) is 0.512. The molecule has 2 saturated carbocycles. The van der Waals surface area contributed by atoms with Crippen molar-refractivity contribution in [3.8, 4) is 0 Å². The normalized spacial score (nSPS) is 43.1. The van der Waals surface area contributed by atoms with Crippen molar-refractivity contribution in [2.24, 2.45) is 11.3 Å². The van der Waals surface area contributed by atoms with Gasteiger partial charge < -0.3 is 29.2 Å². The Kier molecular flexibility index (Phi) is 5.20. The van der Waals surface area contributed by atoms with Crippen LogP contribution in [0.1, 0.15) is 52.9 Å². The number of alkyl carbamates (subject to hydrolysis) is 1. The van der Waals surface area contributed by atoms with E-state index in [1.165, 1.54) is 5.57 Å². The van der Waals surface area contributed by atoms with Crippen LogP contribution in [0.3, 0.4) is 0 Å².